The monoisotopic (exact) mass is 236 g/mol. The molecule has 96 valence electrons. The number of aromatic nitrogens is 2. The molecule has 0 spiro atoms. The molecule has 2 N–H and O–H groups in total. The first-order valence-electron chi connectivity index (χ1n) is 6.66. The van der Waals surface area contributed by atoms with Gasteiger partial charge < -0.3 is 10.6 Å². The molecule has 1 aromatic rings. The second-order valence-electron chi connectivity index (χ2n) is 5.24. The first-order chi connectivity index (χ1) is 8.13. The Bertz CT molecular complexity index is 379. The molecule has 17 heavy (non-hydrogen) atoms. The summed E-state index contributed by atoms with van der Waals surface area (Å²) in [6.45, 7) is 3.27. The van der Waals surface area contributed by atoms with Crippen LogP contribution in [-0.4, -0.2) is 23.4 Å². The molecule has 0 bridgehead atoms. The summed E-state index contributed by atoms with van der Waals surface area (Å²) in [5, 5.41) is 4.52. The fourth-order valence-electron chi connectivity index (χ4n) is 2.61. The Labute approximate surface area is 104 Å². The third-order valence-electron chi connectivity index (χ3n) is 3.73. The van der Waals surface area contributed by atoms with Gasteiger partial charge in [-0.3, -0.25) is 4.68 Å². The van der Waals surface area contributed by atoms with Gasteiger partial charge in [-0.1, -0.05) is 19.8 Å². The Morgan fingerprint density at radius 3 is 2.71 bits per heavy atom. The Morgan fingerprint density at radius 2 is 2.18 bits per heavy atom. The van der Waals surface area contributed by atoms with Crippen molar-refractivity contribution in [2.75, 3.05) is 24.2 Å². The summed E-state index contributed by atoms with van der Waals surface area (Å²) in [5.74, 6) is 1.93. The van der Waals surface area contributed by atoms with Gasteiger partial charge in [-0.15, -0.1) is 0 Å². The molecule has 1 aliphatic carbocycles. The molecule has 1 saturated carbocycles. The summed E-state index contributed by atoms with van der Waals surface area (Å²) < 4.78 is 1.93. The predicted octanol–water partition coefficient (Wildman–Crippen LogP) is 2.19. The topological polar surface area (TPSA) is 47.1 Å². The average molecular weight is 236 g/mol. The van der Waals surface area contributed by atoms with E-state index in [0.717, 1.165) is 42.5 Å². The summed E-state index contributed by atoms with van der Waals surface area (Å²) in [6.07, 6.45) is 6.18. The van der Waals surface area contributed by atoms with Crippen LogP contribution in [0.3, 0.4) is 0 Å². The van der Waals surface area contributed by atoms with Gasteiger partial charge >= 0.3 is 0 Å². The Kier molecular flexibility index (Phi) is 3.60. The van der Waals surface area contributed by atoms with Gasteiger partial charge in [-0.05, 0) is 25.2 Å². The maximum Gasteiger partial charge on any atom is 0.150 e. The normalized spacial score (nSPS) is 15.9. The molecule has 0 amide bonds. The van der Waals surface area contributed by atoms with Crippen molar-refractivity contribution in [1.82, 2.24) is 9.78 Å². The maximum atomic E-state index is 6.20. The van der Waals surface area contributed by atoms with Gasteiger partial charge in [-0.25, -0.2) is 0 Å². The molecular weight excluding hydrogens is 212 g/mol. The van der Waals surface area contributed by atoms with E-state index in [2.05, 4.69) is 24.0 Å². The fraction of sp³-hybridized carbons (Fsp3) is 0.769. The van der Waals surface area contributed by atoms with Crippen LogP contribution in [0.25, 0.3) is 0 Å². The lowest BCUT2D eigenvalue weighted by molar-refractivity contribution is 0.320. The van der Waals surface area contributed by atoms with E-state index in [4.69, 9.17) is 5.73 Å². The summed E-state index contributed by atoms with van der Waals surface area (Å²) in [5.41, 5.74) is 8.12. The van der Waals surface area contributed by atoms with Crippen molar-refractivity contribution in [2.24, 2.45) is 13.0 Å². The first-order valence-corrected chi connectivity index (χ1v) is 6.66. The number of nitrogens with zero attached hydrogens (tertiary/aromatic N) is 3. The summed E-state index contributed by atoms with van der Waals surface area (Å²) in [7, 11) is 4.11. The van der Waals surface area contributed by atoms with Crippen molar-refractivity contribution in [3.8, 4) is 0 Å². The van der Waals surface area contributed by atoms with Gasteiger partial charge in [0.05, 0.1) is 11.4 Å². The van der Waals surface area contributed by atoms with Gasteiger partial charge in [0.1, 0.15) is 5.82 Å². The van der Waals surface area contributed by atoms with Gasteiger partial charge in [0.15, 0.2) is 0 Å². The molecule has 4 heteroatoms. The third kappa shape index (κ3) is 2.40. The highest BCUT2D eigenvalue weighted by molar-refractivity contribution is 5.66. The van der Waals surface area contributed by atoms with E-state index in [1.165, 1.54) is 19.3 Å². The van der Waals surface area contributed by atoms with E-state index in [1.807, 2.05) is 11.7 Å². The van der Waals surface area contributed by atoms with Crippen LogP contribution in [0, 0.1) is 5.92 Å². The van der Waals surface area contributed by atoms with Crippen LogP contribution in [0.5, 0.6) is 0 Å². The molecule has 2 rings (SSSR count). The van der Waals surface area contributed by atoms with Crippen molar-refractivity contribution in [3.05, 3.63) is 5.69 Å². The molecular formula is C13H24N4. The van der Waals surface area contributed by atoms with E-state index in [0.29, 0.717) is 0 Å². The lowest BCUT2D eigenvalue weighted by Gasteiger charge is -2.31. The smallest absolute Gasteiger partial charge is 0.150 e. The van der Waals surface area contributed by atoms with Crippen LogP contribution in [0.2, 0.25) is 0 Å². The van der Waals surface area contributed by atoms with Crippen LogP contribution < -0.4 is 10.6 Å². The molecule has 0 atom stereocenters. The van der Waals surface area contributed by atoms with E-state index < -0.39 is 0 Å². The summed E-state index contributed by atoms with van der Waals surface area (Å²) >= 11 is 0. The van der Waals surface area contributed by atoms with Crippen LogP contribution >= 0.6 is 0 Å². The zero-order chi connectivity index (χ0) is 12.4. The van der Waals surface area contributed by atoms with E-state index in [9.17, 15) is 0 Å². The lowest BCUT2D eigenvalue weighted by atomic mass is 9.85. The van der Waals surface area contributed by atoms with Gasteiger partial charge in [-0.2, -0.15) is 5.10 Å². The Hall–Kier alpha value is -1.19. The standard InChI is InChI=1S/C13H24N4/c1-4-6-11-12(14)13(17(3)15-11)16(2)9-10-7-5-8-10/h10H,4-9,14H2,1-3H3. The average Bonchev–Trinajstić information content (AvgIpc) is 2.49. The van der Waals surface area contributed by atoms with Crippen LogP contribution in [0.1, 0.15) is 38.3 Å². The van der Waals surface area contributed by atoms with Crippen molar-refractivity contribution < 1.29 is 0 Å². The second kappa shape index (κ2) is 4.98. The van der Waals surface area contributed by atoms with E-state index in [1.54, 1.807) is 0 Å². The highest BCUT2D eigenvalue weighted by Crippen LogP contribution is 2.31. The minimum Gasteiger partial charge on any atom is -0.394 e. The zero-order valence-electron chi connectivity index (χ0n) is 11.2. The van der Waals surface area contributed by atoms with Gasteiger partial charge in [0.2, 0.25) is 0 Å². The van der Waals surface area contributed by atoms with Crippen molar-refractivity contribution >= 4 is 11.5 Å². The molecule has 1 fully saturated rings. The van der Waals surface area contributed by atoms with Gasteiger partial charge in [0, 0.05) is 20.6 Å². The fourth-order valence-corrected chi connectivity index (χ4v) is 2.61. The molecule has 0 aliphatic heterocycles. The zero-order valence-corrected chi connectivity index (χ0v) is 11.2. The molecule has 1 aromatic heterocycles. The van der Waals surface area contributed by atoms with E-state index >= 15 is 0 Å². The molecule has 1 heterocycles. The number of nitrogen functional groups attached to an aromatic ring is 1. The summed E-state index contributed by atoms with van der Waals surface area (Å²) in [4.78, 5) is 2.27. The highest BCUT2D eigenvalue weighted by atomic mass is 15.4. The van der Waals surface area contributed by atoms with Gasteiger partial charge in [0.25, 0.3) is 0 Å². The Morgan fingerprint density at radius 1 is 1.47 bits per heavy atom. The maximum absolute atomic E-state index is 6.20. The van der Waals surface area contributed by atoms with Crippen LogP contribution in [0.4, 0.5) is 11.5 Å². The summed E-state index contributed by atoms with van der Waals surface area (Å²) in [6, 6.07) is 0. The molecule has 4 nitrogen and oxygen atoms in total. The van der Waals surface area contributed by atoms with Crippen LogP contribution in [-0.2, 0) is 13.5 Å². The number of rotatable bonds is 5. The molecule has 0 radical (unpaired) electrons. The first kappa shape index (κ1) is 12.3. The minimum absolute atomic E-state index is 0.851. The number of nitrogens with two attached hydrogens (primary N) is 1. The molecule has 0 saturated heterocycles. The number of aryl methyl sites for hydroxylation is 2. The second-order valence-corrected chi connectivity index (χ2v) is 5.24. The van der Waals surface area contributed by atoms with Crippen molar-refractivity contribution in [3.63, 3.8) is 0 Å². The number of hydrogen-bond donors (Lipinski definition) is 1. The molecule has 1 aliphatic rings. The predicted molar refractivity (Wildman–Crippen MR) is 72.2 cm³/mol. The lowest BCUT2D eigenvalue weighted by Crippen LogP contribution is -2.31. The van der Waals surface area contributed by atoms with Crippen molar-refractivity contribution in [2.45, 2.75) is 39.0 Å². The minimum atomic E-state index is 0.851. The van der Waals surface area contributed by atoms with E-state index in [-0.39, 0.29) is 0 Å². The largest absolute Gasteiger partial charge is 0.394 e. The quantitative estimate of drug-likeness (QED) is 0.852. The number of hydrogen-bond acceptors (Lipinski definition) is 3. The SMILES string of the molecule is CCCc1nn(C)c(N(C)CC2CCC2)c1N. The van der Waals surface area contributed by atoms with Crippen molar-refractivity contribution in [1.29, 1.82) is 0 Å². The van der Waals surface area contributed by atoms with Crippen LogP contribution in [0.15, 0.2) is 0 Å². The molecule has 0 aromatic carbocycles. The third-order valence-corrected chi connectivity index (χ3v) is 3.73. The number of anilines is 2. The highest BCUT2D eigenvalue weighted by Gasteiger charge is 2.22. The Balaban J connectivity index is 2.12. The molecule has 0 unspecified atom stereocenters.